The minimum Gasteiger partial charge on any atom is -0.369 e. The van der Waals surface area contributed by atoms with Crippen LogP contribution in [0.4, 0.5) is 5.69 Å². The Hall–Kier alpha value is -2.35. The molecule has 2 aromatic rings. The van der Waals surface area contributed by atoms with Crippen molar-refractivity contribution in [2.24, 2.45) is 0 Å². The average Bonchev–Trinajstić information content (AvgIpc) is 2.58. The van der Waals surface area contributed by atoms with Crippen molar-refractivity contribution in [1.29, 1.82) is 0 Å². The lowest BCUT2D eigenvalue weighted by atomic mass is 9.95. The maximum absolute atomic E-state index is 13.0. The molecule has 0 bridgehead atoms. The normalized spacial score (nSPS) is 15.7. The molecule has 0 fully saturated rings. The molecular formula is C18H16ClNO5S. The zero-order chi connectivity index (χ0) is 18.9. The molecule has 1 heterocycles. The van der Waals surface area contributed by atoms with E-state index in [9.17, 15) is 13.2 Å². The highest BCUT2D eigenvalue weighted by atomic mass is 35.5. The Morgan fingerprint density at radius 1 is 1.27 bits per heavy atom. The van der Waals surface area contributed by atoms with Crippen LogP contribution in [0.15, 0.2) is 48.7 Å². The van der Waals surface area contributed by atoms with E-state index in [0.29, 0.717) is 40.4 Å². The van der Waals surface area contributed by atoms with Gasteiger partial charge in [0.15, 0.2) is 0 Å². The third-order valence-electron chi connectivity index (χ3n) is 4.13. The molecule has 8 heteroatoms. The molecule has 0 radical (unpaired) electrons. The highest BCUT2D eigenvalue weighted by Gasteiger charge is 2.27. The van der Waals surface area contributed by atoms with Crippen LogP contribution in [0.5, 0.6) is 0 Å². The molecule has 6 nitrogen and oxygen atoms in total. The number of rotatable bonds is 3. The molecule has 0 aliphatic carbocycles. The SMILES string of the molecule is Cc1ccccc1C(=O)N1CC/C(=C\OS(=O)(=O)O)c2ccc(Cl)cc21. The van der Waals surface area contributed by atoms with E-state index in [2.05, 4.69) is 4.18 Å². The van der Waals surface area contributed by atoms with Gasteiger partial charge >= 0.3 is 10.4 Å². The summed E-state index contributed by atoms with van der Waals surface area (Å²) in [7, 11) is -4.60. The summed E-state index contributed by atoms with van der Waals surface area (Å²) in [6.45, 7) is 2.18. The van der Waals surface area contributed by atoms with Crippen molar-refractivity contribution in [3.8, 4) is 0 Å². The topological polar surface area (TPSA) is 83.9 Å². The Bertz CT molecular complexity index is 1000. The van der Waals surface area contributed by atoms with Crippen molar-refractivity contribution in [2.75, 3.05) is 11.4 Å². The number of nitrogens with zero attached hydrogens (tertiary/aromatic N) is 1. The van der Waals surface area contributed by atoms with Gasteiger partial charge in [0, 0.05) is 22.7 Å². The minimum atomic E-state index is -4.60. The highest BCUT2D eigenvalue weighted by Crippen LogP contribution is 2.37. The number of halogens is 1. The van der Waals surface area contributed by atoms with Crippen LogP contribution in [0.2, 0.25) is 5.02 Å². The predicted molar refractivity (Wildman–Crippen MR) is 99.5 cm³/mol. The number of amides is 1. The van der Waals surface area contributed by atoms with Gasteiger partial charge in [0.1, 0.15) is 6.26 Å². The second kappa shape index (κ2) is 7.11. The van der Waals surface area contributed by atoms with Crippen LogP contribution in [0, 0.1) is 6.92 Å². The first-order valence-corrected chi connectivity index (χ1v) is 9.53. The van der Waals surface area contributed by atoms with Crippen LogP contribution in [-0.4, -0.2) is 25.4 Å². The van der Waals surface area contributed by atoms with Crippen LogP contribution >= 0.6 is 11.6 Å². The molecule has 1 aliphatic rings. The van der Waals surface area contributed by atoms with Crippen molar-refractivity contribution in [2.45, 2.75) is 13.3 Å². The summed E-state index contributed by atoms with van der Waals surface area (Å²) >= 11 is 6.10. The number of carbonyl (C=O) groups is 1. The maximum atomic E-state index is 13.0. The number of carbonyl (C=O) groups excluding carboxylic acids is 1. The van der Waals surface area contributed by atoms with Crippen molar-refractivity contribution in [1.82, 2.24) is 0 Å². The number of anilines is 1. The fourth-order valence-electron chi connectivity index (χ4n) is 2.90. The zero-order valence-electron chi connectivity index (χ0n) is 13.8. The summed E-state index contributed by atoms with van der Waals surface area (Å²) in [6.07, 6.45) is 1.35. The Kier molecular flexibility index (Phi) is 5.04. The Morgan fingerprint density at radius 3 is 2.69 bits per heavy atom. The Morgan fingerprint density at radius 2 is 2.00 bits per heavy atom. The summed E-state index contributed by atoms with van der Waals surface area (Å²) in [5.74, 6) is -0.165. The largest absolute Gasteiger partial charge is 0.445 e. The molecule has 0 spiro atoms. The summed E-state index contributed by atoms with van der Waals surface area (Å²) in [6, 6.07) is 12.3. The van der Waals surface area contributed by atoms with E-state index in [1.165, 1.54) is 0 Å². The van der Waals surface area contributed by atoms with Crippen LogP contribution in [0.25, 0.3) is 5.57 Å². The van der Waals surface area contributed by atoms with Crippen molar-refractivity contribution in [3.05, 3.63) is 70.4 Å². The number of aryl methyl sites for hydroxylation is 1. The first-order chi connectivity index (χ1) is 12.3. The standard InChI is InChI=1S/C18H16ClNO5S/c1-12-4-2-3-5-15(12)18(21)20-9-8-13(11-25-26(22,23)24)16-7-6-14(19)10-17(16)20/h2-7,10-11H,8-9H2,1H3,(H,22,23,24)/b13-11+. The molecule has 1 aliphatic heterocycles. The fourth-order valence-corrected chi connectivity index (χ4v) is 3.30. The number of hydrogen-bond acceptors (Lipinski definition) is 4. The van der Waals surface area contributed by atoms with Gasteiger partial charge in [0.05, 0.1) is 5.69 Å². The molecule has 0 unspecified atom stereocenters. The minimum absolute atomic E-state index is 0.165. The van der Waals surface area contributed by atoms with Gasteiger partial charge in [0.25, 0.3) is 5.91 Å². The predicted octanol–water partition coefficient (Wildman–Crippen LogP) is 3.86. The Balaban J connectivity index is 2.03. The van der Waals surface area contributed by atoms with Gasteiger partial charge in [-0.2, -0.15) is 8.42 Å². The maximum Gasteiger partial charge on any atom is 0.445 e. The van der Waals surface area contributed by atoms with Gasteiger partial charge in [-0.25, -0.2) is 0 Å². The first kappa shape index (κ1) is 18.4. The van der Waals surface area contributed by atoms with Crippen LogP contribution < -0.4 is 4.90 Å². The summed E-state index contributed by atoms with van der Waals surface area (Å²) in [4.78, 5) is 14.6. The second-order valence-electron chi connectivity index (χ2n) is 5.85. The van der Waals surface area contributed by atoms with E-state index in [4.69, 9.17) is 16.2 Å². The lowest BCUT2D eigenvalue weighted by Crippen LogP contribution is -2.35. The molecule has 26 heavy (non-hydrogen) atoms. The summed E-state index contributed by atoms with van der Waals surface area (Å²) in [5, 5.41) is 0.447. The lowest BCUT2D eigenvalue weighted by molar-refractivity contribution is 0.0986. The summed E-state index contributed by atoms with van der Waals surface area (Å²) in [5.41, 5.74) is 3.16. The molecule has 0 saturated carbocycles. The highest BCUT2D eigenvalue weighted by molar-refractivity contribution is 7.81. The molecule has 0 atom stereocenters. The molecule has 136 valence electrons. The van der Waals surface area contributed by atoms with E-state index in [1.807, 2.05) is 19.1 Å². The average molecular weight is 394 g/mol. The Labute approximate surface area is 156 Å². The quantitative estimate of drug-likeness (QED) is 0.632. The van der Waals surface area contributed by atoms with Crippen molar-refractivity contribution < 1.29 is 21.9 Å². The van der Waals surface area contributed by atoms with Gasteiger partial charge in [-0.3, -0.25) is 9.35 Å². The van der Waals surface area contributed by atoms with Crippen molar-refractivity contribution in [3.63, 3.8) is 0 Å². The van der Waals surface area contributed by atoms with Gasteiger partial charge in [0.2, 0.25) is 0 Å². The molecule has 0 saturated heterocycles. The molecule has 0 aromatic heterocycles. The molecule has 1 amide bonds. The van der Waals surface area contributed by atoms with E-state index in [0.717, 1.165) is 11.8 Å². The number of hydrogen-bond donors (Lipinski definition) is 1. The fraction of sp³-hybridized carbons (Fsp3) is 0.167. The van der Waals surface area contributed by atoms with Crippen LogP contribution in [-0.2, 0) is 14.6 Å². The second-order valence-corrected chi connectivity index (χ2v) is 7.33. The lowest BCUT2D eigenvalue weighted by Gasteiger charge is -2.31. The van der Waals surface area contributed by atoms with Crippen LogP contribution in [0.1, 0.15) is 27.9 Å². The van der Waals surface area contributed by atoms with E-state index in [-0.39, 0.29) is 5.91 Å². The van der Waals surface area contributed by atoms with Gasteiger partial charge in [-0.05, 0) is 42.7 Å². The van der Waals surface area contributed by atoms with Gasteiger partial charge in [-0.15, -0.1) is 0 Å². The third-order valence-corrected chi connectivity index (χ3v) is 4.71. The molecule has 1 N–H and O–H groups in total. The third kappa shape index (κ3) is 3.90. The molecular weight excluding hydrogens is 378 g/mol. The first-order valence-electron chi connectivity index (χ1n) is 7.78. The van der Waals surface area contributed by atoms with Crippen LogP contribution in [0.3, 0.4) is 0 Å². The zero-order valence-corrected chi connectivity index (χ0v) is 15.4. The van der Waals surface area contributed by atoms with Crippen molar-refractivity contribution >= 4 is 39.2 Å². The number of benzene rings is 2. The number of fused-ring (bicyclic) bond motifs is 1. The van der Waals surface area contributed by atoms with Gasteiger partial charge in [-0.1, -0.05) is 35.9 Å². The molecule has 2 aromatic carbocycles. The van der Waals surface area contributed by atoms with Gasteiger partial charge < -0.3 is 9.08 Å². The summed E-state index contributed by atoms with van der Waals surface area (Å²) < 4.78 is 34.8. The smallest absolute Gasteiger partial charge is 0.369 e. The van der Waals surface area contributed by atoms with E-state index in [1.54, 1.807) is 35.2 Å². The monoisotopic (exact) mass is 393 g/mol. The van der Waals surface area contributed by atoms with E-state index < -0.39 is 10.4 Å². The molecule has 3 rings (SSSR count). The van der Waals surface area contributed by atoms with E-state index >= 15 is 0 Å².